The van der Waals surface area contributed by atoms with E-state index in [4.69, 9.17) is 0 Å². The molecule has 0 bridgehead atoms. The second kappa shape index (κ2) is 8.79. The van der Waals surface area contributed by atoms with Crippen LogP contribution in [0.15, 0.2) is 54.6 Å². The highest BCUT2D eigenvalue weighted by molar-refractivity contribution is 6.15. The van der Waals surface area contributed by atoms with Crippen molar-refractivity contribution in [1.82, 2.24) is 10.6 Å². The minimum Gasteiger partial charge on any atom is -0.349 e. The highest BCUT2D eigenvalue weighted by Crippen LogP contribution is 2.16. The van der Waals surface area contributed by atoms with Crippen molar-refractivity contribution in [3.63, 3.8) is 0 Å². The fourth-order valence-electron chi connectivity index (χ4n) is 3.15. The van der Waals surface area contributed by atoms with E-state index >= 15 is 0 Å². The molecule has 1 amide bonds. The van der Waals surface area contributed by atoms with Crippen molar-refractivity contribution >= 4 is 24.1 Å². The summed E-state index contributed by atoms with van der Waals surface area (Å²) in [5.41, 5.74) is 1.48. The normalized spacial score (nSPS) is 19.6. The minimum atomic E-state index is -0.172. The average Bonchev–Trinajstić information content (AvgIpc) is 2.62. The molecule has 4 nitrogen and oxygen atoms in total. The molecule has 2 unspecified atom stereocenters. The lowest BCUT2D eigenvalue weighted by Crippen LogP contribution is -2.46. The summed E-state index contributed by atoms with van der Waals surface area (Å²) in [5.74, 6) is -0.297. The predicted octanol–water partition coefficient (Wildman–Crippen LogP) is 3.21. The maximum atomic E-state index is 12.7. The summed E-state index contributed by atoms with van der Waals surface area (Å²) < 4.78 is 0. The first kappa shape index (κ1) is 19.2. The van der Waals surface area contributed by atoms with Gasteiger partial charge >= 0.3 is 0 Å². The first-order chi connectivity index (χ1) is 11.6. The molecule has 1 heterocycles. The Labute approximate surface area is 154 Å². The molecule has 3 rings (SSSR count). The Bertz CT molecular complexity index is 733. The van der Waals surface area contributed by atoms with E-state index in [1.54, 1.807) is 36.4 Å². The number of amides is 1. The summed E-state index contributed by atoms with van der Waals surface area (Å²) in [5, 5.41) is 6.45. The van der Waals surface area contributed by atoms with Gasteiger partial charge in [-0.05, 0) is 32.4 Å². The van der Waals surface area contributed by atoms with Crippen LogP contribution in [0.25, 0.3) is 0 Å². The van der Waals surface area contributed by atoms with Gasteiger partial charge in [0.25, 0.3) is 5.91 Å². The van der Waals surface area contributed by atoms with Crippen molar-refractivity contribution in [2.75, 3.05) is 6.54 Å². The van der Waals surface area contributed by atoms with Crippen LogP contribution >= 0.6 is 12.4 Å². The Morgan fingerprint density at radius 3 is 2.32 bits per heavy atom. The summed E-state index contributed by atoms with van der Waals surface area (Å²) >= 11 is 0. The largest absolute Gasteiger partial charge is 0.349 e. The minimum absolute atomic E-state index is 0. The molecule has 132 valence electrons. The van der Waals surface area contributed by atoms with Gasteiger partial charge in [0.15, 0.2) is 5.78 Å². The summed E-state index contributed by atoms with van der Waals surface area (Å²) in [6.45, 7) is 3.02. The lowest BCUT2D eigenvalue weighted by Gasteiger charge is -2.28. The van der Waals surface area contributed by atoms with Crippen LogP contribution < -0.4 is 10.6 Å². The van der Waals surface area contributed by atoms with E-state index < -0.39 is 0 Å². The molecule has 0 aliphatic carbocycles. The second-order valence-corrected chi connectivity index (χ2v) is 6.29. The number of nitrogens with one attached hydrogen (secondary N) is 2. The Kier molecular flexibility index (Phi) is 6.73. The van der Waals surface area contributed by atoms with E-state index in [1.807, 2.05) is 18.2 Å². The maximum Gasteiger partial charge on any atom is 0.252 e. The van der Waals surface area contributed by atoms with E-state index in [-0.39, 0.29) is 30.1 Å². The first-order valence-corrected chi connectivity index (χ1v) is 8.38. The van der Waals surface area contributed by atoms with Gasteiger partial charge in [-0.3, -0.25) is 9.59 Å². The molecule has 1 aliphatic rings. The van der Waals surface area contributed by atoms with Gasteiger partial charge in [-0.1, -0.05) is 48.5 Å². The van der Waals surface area contributed by atoms with Crippen LogP contribution in [-0.4, -0.2) is 30.3 Å². The van der Waals surface area contributed by atoms with Crippen LogP contribution in [0.3, 0.4) is 0 Å². The predicted molar refractivity (Wildman–Crippen MR) is 102 cm³/mol. The molecule has 0 saturated carbocycles. The summed E-state index contributed by atoms with van der Waals surface area (Å²) in [6, 6.07) is 16.6. The molecular weight excluding hydrogens is 336 g/mol. The lowest BCUT2D eigenvalue weighted by molar-refractivity contribution is 0.0916. The molecule has 1 aliphatic heterocycles. The fraction of sp³-hybridized carbons (Fsp3) is 0.300. The lowest BCUT2D eigenvalue weighted by atomic mass is 9.96. The third kappa shape index (κ3) is 4.68. The second-order valence-electron chi connectivity index (χ2n) is 6.29. The Hall–Kier alpha value is -2.17. The third-order valence-electron chi connectivity index (χ3n) is 4.41. The number of piperidine rings is 1. The van der Waals surface area contributed by atoms with Gasteiger partial charge in [-0.25, -0.2) is 0 Å². The van der Waals surface area contributed by atoms with Crippen molar-refractivity contribution in [3.8, 4) is 0 Å². The molecule has 1 fully saturated rings. The Morgan fingerprint density at radius 2 is 1.64 bits per heavy atom. The number of halogens is 1. The van der Waals surface area contributed by atoms with Gasteiger partial charge in [-0.2, -0.15) is 0 Å². The molecule has 0 spiro atoms. The van der Waals surface area contributed by atoms with Crippen LogP contribution in [0.1, 0.15) is 46.0 Å². The highest BCUT2D eigenvalue weighted by atomic mass is 35.5. The zero-order valence-electron chi connectivity index (χ0n) is 14.2. The third-order valence-corrected chi connectivity index (χ3v) is 4.41. The highest BCUT2D eigenvalue weighted by Gasteiger charge is 2.23. The molecule has 5 heteroatoms. The van der Waals surface area contributed by atoms with Crippen molar-refractivity contribution in [2.45, 2.75) is 31.8 Å². The first-order valence-electron chi connectivity index (χ1n) is 8.38. The van der Waals surface area contributed by atoms with E-state index in [0.717, 1.165) is 19.4 Å². The molecule has 2 aromatic carbocycles. The Balaban J connectivity index is 0.00000225. The molecule has 2 aromatic rings. The summed E-state index contributed by atoms with van der Waals surface area (Å²) in [4.78, 5) is 25.4. The van der Waals surface area contributed by atoms with Crippen LogP contribution in [0.2, 0.25) is 0 Å². The van der Waals surface area contributed by atoms with Gasteiger partial charge in [-0.15, -0.1) is 12.4 Å². The van der Waals surface area contributed by atoms with Crippen molar-refractivity contribution in [3.05, 3.63) is 71.3 Å². The van der Waals surface area contributed by atoms with Crippen molar-refractivity contribution < 1.29 is 9.59 Å². The number of rotatable bonds is 4. The number of ketones is 1. The zero-order chi connectivity index (χ0) is 16.9. The Morgan fingerprint density at radius 1 is 1.00 bits per heavy atom. The average molecular weight is 359 g/mol. The molecule has 1 saturated heterocycles. The molecule has 0 aromatic heterocycles. The van der Waals surface area contributed by atoms with Crippen LogP contribution in [-0.2, 0) is 0 Å². The quantitative estimate of drug-likeness (QED) is 0.825. The molecule has 0 radical (unpaired) electrons. The van der Waals surface area contributed by atoms with Crippen molar-refractivity contribution in [1.29, 1.82) is 0 Å². The van der Waals surface area contributed by atoms with Gasteiger partial charge in [0.2, 0.25) is 0 Å². The molecule has 2 atom stereocenters. The molecule has 25 heavy (non-hydrogen) atoms. The summed E-state index contributed by atoms with van der Waals surface area (Å²) in [6.07, 6.45) is 1.81. The summed E-state index contributed by atoms with van der Waals surface area (Å²) in [7, 11) is 0. The smallest absolute Gasteiger partial charge is 0.252 e. The fourth-order valence-corrected chi connectivity index (χ4v) is 3.15. The number of hydrogen-bond donors (Lipinski definition) is 2. The van der Waals surface area contributed by atoms with E-state index in [1.165, 1.54) is 0 Å². The van der Waals surface area contributed by atoms with E-state index in [0.29, 0.717) is 22.7 Å². The van der Waals surface area contributed by atoms with E-state index in [2.05, 4.69) is 17.6 Å². The van der Waals surface area contributed by atoms with Crippen LogP contribution in [0.5, 0.6) is 0 Å². The maximum absolute atomic E-state index is 12.7. The number of hydrogen-bond acceptors (Lipinski definition) is 3. The standard InChI is InChI=1S/C20H22N2O2.ClH/c1-14-13-16(11-12-21-14)22-20(24)18-10-6-5-9-17(18)19(23)15-7-3-2-4-8-15;/h2-10,14,16,21H,11-13H2,1H3,(H,22,24);1H. The van der Waals surface area contributed by atoms with Crippen molar-refractivity contribution in [2.24, 2.45) is 0 Å². The van der Waals surface area contributed by atoms with Crippen LogP contribution in [0, 0.1) is 0 Å². The zero-order valence-corrected chi connectivity index (χ0v) is 15.0. The van der Waals surface area contributed by atoms with Gasteiger partial charge in [0.1, 0.15) is 0 Å². The SMILES string of the molecule is CC1CC(NC(=O)c2ccccc2C(=O)c2ccccc2)CCN1.Cl. The van der Waals surface area contributed by atoms with Gasteiger partial charge in [0, 0.05) is 23.2 Å². The molecule has 2 N–H and O–H groups in total. The van der Waals surface area contributed by atoms with Gasteiger partial charge < -0.3 is 10.6 Å². The number of carbonyl (C=O) groups excluding carboxylic acids is 2. The topological polar surface area (TPSA) is 58.2 Å². The number of benzene rings is 2. The monoisotopic (exact) mass is 358 g/mol. The number of carbonyl (C=O) groups is 2. The van der Waals surface area contributed by atoms with Crippen LogP contribution in [0.4, 0.5) is 0 Å². The van der Waals surface area contributed by atoms with Gasteiger partial charge in [0.05, 0.1) is 5.56 Å². The molecular formula is C20H23ClN2O2. The van der Waals surface area contributed by atoms with E-state index in [9.17, 15) is 9.59 Å².